The molecule has 0 heterocycles. The number of carboxylic acid groups (broad SMARTS) is 4. The number of carbonyl (C=O) groups excluding carboxylic acids is 17. The summed E-state index contributed by atoms with van der Waals surface area (Å²) in [5, 5.41) is 119. The van der Waals surface area contributed by atoms with E-state index in [9.17, 15) is 147 Å². The van der Waals surface area contributed by atoms with E-state index in [-0.39, 0.29) is 45.2 Å². The molecule has 650 valence electrons. The Hall–Kier alpha value is -11.1. The van der Waals surface area contributed by atoms with Crippen molar-refractivity contribution in [2.75, 3.05) is 44.9 Å². The predicted octanol–water partition coefficient (Wildman–Crippen LogP) is -14.8. The maximum atomic E-state index is 14.0. The van der Waals surface area contributed by atoms with Crippen molar-refractivity contribution >= 4 is 136 Å². The lowest BCUT2D eigenvalue weighted by Gasteiger charge is -2.28. The van der Waals surface area contributed by atoms with Gasteiger partial charge in [0, 0.05) is 19.3 Å². The first-order valence-corrected chi connectivity index (χ1v) is 37.0. The molecule has 0 aliphatic carbocycles. The molecule has 0 bridgehead atoms. The first-order chi connectivity index (χ1) is 53.8. The van der Waals surface area contributed by atoms with E-state index < -0.39 is 305 Å². The first-order valence-electron chi connectivity index (χ1n) is 35.6. The second-order valence-electron chi connectivity index (χ2n) is 26.0. The first kappa shape index (κ1) is 104. The lowest BCUT2D eigenvalue weighted by atomic mass is 10.0. The monoisotopic (exact) mass is 1670 g/mol. The smallest absolute Gasteiger partial charge is 0.326 e. The molecule has 0 saturated carbocycles. The van der Waals surface area contributed by atoms with Gasteiger partial charge >= 0.3 is 23.9 Å². The van der Waals surface area contributed by atoms with Gasteiger partial charge in [0.2, 0.25) is 100 Å². The van der Waals surface area contributed by atoms with Gasteiger partial charge in [-0.05, 0) is 110 Å². The van der Waals surface area contributed by atoms with Crippen LogP contribution >= 0.6 is 11.8 Å². The Balaban J connectivity index is 6.73. The molecular weight excluding hydrogens is 1560 g/mol. The van der Waals surface area contributed by atoms with Gasteiger partial charge in [0.15, 0.2) is 0 Å². The van der Waals surface area contributed by atoms with Crippen molar-refractivity contribution in [3.8, 4) is 0 Å². The van der Waals surface area contributed by atoms with E-state index in [0.29, 0.717) is 18.6 Å². The van der Waals surface area contributed by atoms with Crippen LogP contribution in [0.3, 0.4) is 0 Å². The lowest BCUT2D eigenvalue weighted by Crippen LogP contribution is -2.63. The number of aliphatic carboxylic acids is 4. The van der Waals surface area contributed by atoms with E-state index in [1.54, 1.807) is 6.26 Å². The van der Waals surface area contributed by atoms with E-state index in [2.05, 4.69) is 37.2 Å². The molecule has 0 aliphatic heterocycles. The van der Waals surface area contributed by atoms with Crippen LogP contribution in [0.15, 0.2) is 0 Å². The average Bonchev–Trinajstić information content (AvgIpc) is 0.855. The second-order valence-corrected chi connectivity index (χ2v) is 27.0. The number of thioether (sulfide) groups is 1. The molecule has 17 atom stereocenters. The highest BCUT2D eigenvalue weighted by Crippen LogP contribution is 2.12. The molecule has 115 heavy (non-hydrogen) atoms. The predicted molar refractivity (Wildman–Crippen MR) is 394 cm³/mol. The summed E-state index contributed by atoms with van der Waals surface area (Å²) in [4.78, 5) is 274. The maximum Gasteiger partial charge on any atom is 0.326 e. The van der Waals surface area contributed by atoms with Crippen molar-refractivity contribution in [1.29, 1.82) is 0 Å². The van der Waals surface area contributed by atoms with Crippen LogP contribution in [0.2, 0.25) is 0 Å². The number of carbonyl (C=O) groups is 21. The number of aliphatic hydroxyl groups excluding tert-OH is 5. The van der Waals surface area contributed by atoms with E-state index in [1.165, 1.54) is 18.7 Å². The summed E-state index contributed by atoms with van der Waals surface area (Å²) >= 11 is 1.32. The number of carboxylic acids is 4. The van der Waals surface area contributed by atoms with Gasteiger partial charge in [-0.3, -0.25) is 95.9 Å². The van der Waals surface area contributed by atoms with E-state index in [4.69, 9.17) is 34.4 Å². The standard InChI is InChI=1S/C64H108N20O30S/c1-27(87)48(70)61(110)77-34(17-20-115-4)54(103)73-30(9-5-7-18-65)55(104)83-49(28(2)88)62(111)71-24-44(93)72-39(25-85)59(108)82-40(26-86)60(109)84-50(29(3)89)63(112)81-38(23-43(69)92)58(107)80-37(22-42(68)91)57(106)79-36(21-41(67)90)56(105)76-32(12-15-46(96)97)52(101)74-31(11-14-45(94)95)51(100)75-33(13-16-47(98)99)53(102)78-35(64(113)114)10-6-8-19-66/h27-40,48-50,85-89H,5-26,65-66,70H2,1-4H3,(H2,67,90)(H2,68,91)(H2,69,92)(H,71,111)(H,72,93)(H,73,103)(H,74,101)(H,75,100)(H,76,105)(H,77,110)(H,78,102)(H,79,106)(H,80,107)(H,81,112)(H,82,108)(H,83,104)(H,84,109)(H,94,95)(H,96,97)(H,98,99)(H,113,114)/t27-,28-,29-,30+,31+,32+,33+,34+,35+,36+,37+,38+,39+,40+,48+,49+,50+/m1/s1. The Bertz CT molecular complexity index is 3390. The van der Waals surface area contributed by atoms with E-state index in [0.717, 1.165) is 13.8 Å². The molecule has 0 aromatic rings. The molecule has 0 aromatic heterocycles. The number of unbranched alkanes of at least 4 members (excludes halogenated alkanes) is 2. The van der Waals surface area contributed by atoms with Crippen LogP contribution in [0.4, 0.5) is 0 Å². The minimum atomic E-state index is -2.30. The van der Waals surface area contributed by atoms with Gasteiger partial charge < -0.3 is 155 Å². The van der Waals surface area contributed by atoms with Crippen LogP contribution in [0.1, 0.15) is 124 Å². The van der Waals surface area contributed by atoms with Crippen LogP contribution in [-0.4, -0.2) is 318 Å². The van der Waals surface area contributed by atoms with Crippen molar-refractivity contribution in [2.45, 2.75) is 226 Å². The van der Waals surface area contributed by atoms with Gasteiger partial charge in [-0.2, -0.15) is 11.8 Å². The van der Waals surface area contributed by atoms with Crippen molar-refractivity contribution in [2.24, 2.45) is 34.4 Å². The Morgan fingerprint density at radius 1 is 0.330 bits per heavy atom. The molecule has 0 saturated heterocycles. The van der Waals surface area contributed by atoms with E-state index >= 15 is 0 Å². The van der Waals surface area contributed by atoms with Crippen LogP contribution < -0.4 is 109 Å². The van der Waals surface area contributed by atoms with E-state index in [1.807, 2.05) is 37.2 Å². The minimum absolute atomic E-state index is 0.0461. The Morgan fingerprint density at radius 3 is 0.939 bits per heavy atom. The molecule has 0 fully saturated rings. The van der Waals surface area contributed by atoms with Gasteiger partial charge in [0.25, 0.3) is 0 Å². The number of aliphatic hydroxyl groups is 5. The molecule has 17 amide bonds. The highest BCUT2D eigenvalue weighted by Gasteiger charge is 2.40. The molecule has 51 heteroatoms. The quantitative estimate of drug-likeness (QED) is 0.0251. The Morgan fingerprint density at radius 2 is 0.609 bits per heavy atom. The normalized spacial score (nSPS) is 15.4. The third-order valence-electron chi connectivity index (χ3n) is 16.4. The van der Waals surface area contributed by atoms with Crippen molar-refractivity contribution in [3.05, 3.63) is 0 Å². The largest absolute Gasteiger partial charge is 0.481 e. The van der Waals surface area contributed by atoms with Crippen molar-refractivity contribution in [3.63, 3.8) is 0 Å². The number of hydrogen-bond donors (Lipinski definition) is 29. The summed E-state index contributed by atoms with van der Waals surface area (Å²) in [5.74, 6) is -28.8. The number of nitrogens with one attached hydrogen (secondary N) is 14. The van der Waals surface area contributed by atoms with Gasteiger partial charge in [0.1, 0.15) is 84.6 Å². The zero-order chi connectivity index (χ0) is 88.1. The molecule has 0 radical (unpaired) electrons. The molecule has 50 nitrogen and oxygen atoms in total. The fraction of sp³-hybridized carbons (Fsp3) is 0.672. The fourth-order valence-corrected chi connectivity index (χ4v) is 10.5. The highest BCUT2D eigenvalue weighted by atomic mass is 32.2. The average molecular weight is 1670 g/mol. The number of amides is 17. The Labute approximate surface area is 660 Å². The van der Waals surface area contributed by atoms with Crippen molar-refractivity contribution < 1.29 is 147 Å². The lowest BCUT2D eigenvalue weighted by molar-refractivity contribution is -0.143. The van der Waals surface area contributed by atoms with Gasteiger partial charge in [-0.1, -0.05) is 0 Å². The molecule has 0 spiro atoms. The second kappa shape index (κ2) is 54.6. The van der Waals surface area contributed by atoms with Crippen LogP contribution in [0.5, 0.6) is 0 Å². The van der Waals surface area contributed by atoms with Crippen LogP contribution in [0.25, 0.3) is 0 Å². The molecule has 0 rings (SSSR count). The number of nitrogens with two attached hydrogens (primary N) is 6. The number of hydrogen-bond acceptors (Lipinski definition) is 30. The fourth-order valence-electron chi connectivity index (χ4n) is 10.0. The highest BCUT2D eigenvalue weighted by molar-refractivity contribution is 7.98. The maximum absolute atomic E-state index is 14.0. The summed E-state index contributed by atoms with van der Waals surface area (Å²) in [6.07, 6.45) is -11.2. The Kier molecular flexibility index (Phi) is 49.3. The number of primary amides is 3. The zero-order valence-corrected chi connectivity index (χ0v) is 64.2. The van der Waals surface area contributed by atoms with Gasteiger partial charge in [-0.15, -0.1) is 0 Å². The summed E-state index contributed by atoms with van der Waals surface area (Å²) in [7, 11) is 0. The van der Waals surface area contributed by atoms with Crippen molar-refractivity contribution in [1.82, 2.24) is 74.4 Å². The molecule has 35 N–H and O–H groups in total. The topological polar surface area (TPSA) is 865 Å². The SMILES string of the molecule is CSCC[C@H](NC(=O)[C@@H](N)[C@@H](C)O)C(=O)N[C@@H](CCCCN)C(=O)N[C@H](C(=O)NCC(=O)N[C@@H](CO)C(=O)N[C@@H](CO)C(=O)N[C@H](C(=O)N[C@@H](CC(N)=O)C(=O)N[C@@H](CC(N)=O)C(=O)N[C@@H](CC(N)=O)C(=O)N[C@@H](CCC(=O)O)C(=O)N[C@@H](CCC(=O)O)C(=O)N[C@@H](CCC(=O)O)C(=O)N[C@@H](CCCCN)C(=O)O)[C@@H](C)O)[C@@H](C)O. The third kappa shape index (κ3) is 41.5. The molecule has 0 aliphatic rings. The zero-order valence-electron chi connectivity index (χ0n) is 63.3. The summed E-state index contributed by atoms with van der Waals surface area (Å²) in [6.45, 7) is -0.126. The molecule has 0 aromatic carbocycles. The minimum Gasteiger partial charge on any atom is -0.481 e. The van der Waals surface area contributed by atoms with Gasteiger partial charge in [0.05, 0.1) is 57.3 Å². The summed E-state index contributed by atoms with van der Waals surface area (Å²) in [5.41, 5.74) is 32.9. The summed E-state index contributed by atoms with van der Waals surface area (Å²) in [6, 6.07) is -26.8. The third-order valence-corrected chi connectivity index (χ3v) is 17.0. The van der Waals surface area contributed by atoms with Crippen LogP contribution in [0, 0.1) is 0 Å². The van der Waals surface area contributed by atoms with Gasteiger partial charge in [-0.25, -0.2) is 4.79 Å². The molecular formula is C64H108N20O30S. The molecule has 0 unspecified atom stereocenters. The summed E-state index contributed by atoms with van der Waals surface area (Å²) < 4.78 is 0. The number of rotatable bonds is 60. The van der Waals surface area contributed by atoms with Crippen LogP contribution in [-0.2, 0) is 101 Å².